The molecule has 0 unspecified atom stereocenters. The summed E-state index contributed by atoms with van der Waals surface area (Å²) < 4.78 is 28.6. The first kappa shape index (κ1) is 25.8. The first-order chi connectivity index (χ1) is 13.3. The molecule has 29 heavy (non-hydrogen) atoms. The van der Waals surface area contributed by atoms with Crippen LogP contribution in [0.4, 0.5) is 0 Å². The number of ether oxygens (including phenoxy) is 1. The topological polar surface area (TPSA) is 79.8 Å². The fraction of sp³-hybridized carbons (Fsp3) is 0.316. The molecule has 0 amide bonds. The van der Waals surface area contributed by atoms with Crippen molar-refractivity contribution < 1.29 is 13.2 Å². The van der Waals surface area contributed by atoms with Crippen LogP contribution in [-0.2, 0) is 16.3 Å². The van der Waals surface area contributed by atoms with Crippen LogP contribution < -0.4 is 15.4 Å². The Kier molecular flexibility index (Phi) is 11.1. The Morgan fingerprint density at radius 3 is 2.34 bits per heavy atom. The summed E-state index contributed by atoms with van der Waals surface area (Å²) in [6, 6.07) is 12.1. The Morgan fingerprint density at radius 1 is 1.07 bits per heavy atom. The predicted molar refractivity (Wildman–Crippen MR) is 130 cm³/mol. The zero-order chi connectivity index (χ0) is 20.6. The van der Waals surface area contributed by atoms with Crippen LogP contribution in [0.2, 0.25) is 10.0 Å². The molecule has 0 atom stereocenters. The molecule has 0 aromatic heterocycles. The minimum atomic E-state index is -3.17. The number of nitrogens with zero attached hydrogens (tertiary/aromatic N) is 1. The molecule has 0 saturated carbocycles. The molecule has 2 aromatic carbocycles. The van der Waals surface area contributed by atoms with Crippen molar-refractivity contribution in [3.63, 3.8) is 0 Å². The molecule has 0 radical (unpaired) electrons. The summed E-state index contributed by atoms with van der Waals surface area (Å²) in [6.07, 6.45) is 1.93. The first-order valence-electron chi connectivity index (χ1n) is 8.61. The molecule has 2 rings (SSSR count). The fourth-order valence-electron chi connectivity index (χ4n) is 2.38. The highest BCUT2D eigenvalue weighted by atomic mass is 127. The summed E-state index contributed by atoms with van der Waals surface area (Å²) in [5, 5.41) is 7.20. The average molecular weight is 572 g/mol. The van der Waals surface area contributed by atoms with Gasteiger partial charge in [0.25, 0.3) is 0 Å². The van der Waals surface area contributed by atoms with E-state index in [0.717, 1.165) is 12.0 Å². The maximum atomic E-state index is 11.5. The second-order valence-electron chi connectivity index (χ2n) is 5.99. The summed E-state index contributed by atoms with van der Waals surface area (Å²) >= 11 is 12.0. The van der Waals surface area contributed by atoms with Gasteiger partial charge in [-0.15, -0.1) is 24.0 Å². The van der Waals surface area contributed by atoms with E-state index in [-0.39, 0.29) is 24.0 Å². The number of benzene rings is 2. The lowest BCUT2D eigenvalue weighted by atomic mass is 10.1. The molecule has 2 N–H and O–H groups in total. The second kappa shape index (κ2) is 12.5. The number of hydrogen-bond acceptors (Lipinski definition) is 4. The van der Waals surface area contributed by atoms with Crippen LogP contribution in [0, 0.1) is 0 Å². The van der Waals surface area contributed by atoms with Crippen molar-refractivity contribution in [1.82, 2.24) is 10.6 Å². The lowest BCUT2D eigenvalue weighted by Gasteiger charge is -2.13. The smallest absolute Gasteiger partial charge is 0.191 e. The van der Waals surface area contributed by atoms with E-state index in [1.54, 1.807) is 37.4 Å². The molecule has 0 aliphatic rings. The van der Waals surface area contributed by atoms with Crippen LogP contribution in [0.1, 0.15) is 5.56 Å². The Hall–Kier alpha value is -1.23. The van der Waals surface area contributed by atoms with Crippen molar-refractivity contribution >= 4 is 63.0 Å². The highest BCUT2D eigenvalue weighted by Crippen LogP contribution is 2.31. The Labute approximate surface area is 199 Å². The Balaban J connectivity index is 0.00000420. The van der Waals surface area contributed by atoms with E-state index in [1.165, 1.54) is 6.26 Å². The third kappa shape index (κ3) is 8.57. The van der Waals surface area contributed by atoms with Gasteiger partial charge in [0.2, 0.25) is 0 Å². The van der Waals surface area contributed by atoms with Gasteiger partial charge in [-0.05, 0) is 36.2 Å². The molecular formula is C19H24Cl2IN3O3S. The standard InChI is InChI=1S/C19H23Cl2N3O3S.HI/c1-22-19(24-12-13-27-17-5-3-4-16(20)18(17)21)23-11-10-14-6-8-15(9-7-14)28(2,25)26;/h3-9H,10-13H2,1-2H3,(H2,22,23,24);1H. The number of aliphatic imine (C=N–C) groups is 1. The second-order valence-corrected chi connectivity index (χ2v) is 8.79. The van der Waals surface area contributed by atoms with Crippen LogP contribution in [0.25, 0.3) is 0 Å². The highest BCUT2D eigenvalue weighted by molar-refractivity contribution is 14.0. The predicted octanol–water partition coefficient (Wildman–Crippen LogP) is 3.80. The fourth-order valence-corrected chi connectivity index (χ4v) is 3.35. The van der Waals surface area contributed by atoms with Gasteiger partial charge in [-0.1, -0.05) is 41.4 Å². The third-order valence-corrected chi connectivity index (χ3v) is 5.78. The van der Waals surface area contributed by atoms with Crippen LogP contribution >= 0.6 is 47.2 Å². The lowest BCUT2D eigenvalue weighted by molar-refractivity contribution is 0.322. The van der Waals surface area contributed by atoms with E-state index in [1.807, 2.05) is 12.1 Å². The summed E-state index contributed by atoms with van der Waals surface area (Å²) in [5.74, 6) is 1.19. The van der Waals surface area contributed by atoms with Gasteiger partial charge < -0.3 is 15.4 Å². The molecule has 160 valence electrons. The number of nitrogens with one attached hydrogen (secondary N) is 2. The Morgan fingerprint density at radius 2 is 1.72 bits per heavy atom. The summed E-state index contributed by atoms with van der Waals surface area (Å²) in [4.78, 5) is 4.48. The largest absolute Gasteiger partial charge is 0.490 e. The molecule has 0 bridgehead atoms. The molecule has 0 aliphatic heterocycles. The van der Waals surface area contributed by atoms with Crippen LogP contribution in [0.5, 0.6) is 5.75 Å². The zero-order valence-corrected chi connectivity index (χ0v) is 20.8. The molecule has 6 nitrogen and oxygen atoms in total. The van der Waals surface area contributed by atoms with Crippen LogP contribution in [0.3, 0.4) is 0 Å². The van der Waals surface area contributed by atoms with Crippen molar-refractivity contribution in [3.8, 4) is 5.75 Å². The normalized spacial score (nSPS) is 11.5. The summed E-state index contributed by atoms with van der Waals surface area (Å²) in [5.41, 5.74) is 1.04. The van der Waals surface area contributed by atoms with Crippen LogP contribution in [0.15, 0.2) is 52.4 Å². The number of hydrogen-bond donors (Lipinski definition) is 2. The number of halogens is 3. The van der Waals surface area contributed by atoms with Gasteiger partial charge in [0.15, 0.2) is 15.8 Å². The van der Waals surface area contributed by atoms with E-state index in [0.29, 0.717) is 46.3 Å². The van der Waals surface area contributed by atoms with Gasteiger partial charge in [-0.25, -0.2) is 8.42 Å². The molecule has 0 saturated heterocycles. The maximum Gasteiger partial charge on any atom is 0.191 e. The van der Waals surface area contributed by atoms with Gasteiger partial charge >= 0.3 is 0 Å². The van der Waals surface area contributed by atoms with Gasteiger partial charge in [-0.2, -0.15) is 0 Å². The van der Waals surface area contributed by atoms with Gasteiger partial charge in [-0.3, -0.25) is 4.99 Å². The van der Waals surface area contributed by atoms with Crippen molar-refractivity contribution in [2.75, 3.05) is 33.0 Å². The van der Waals surface area contributed by atoms with Gasteiger partial charge in [0.05, 0.1) is 16.5 Å². The number of guanidine groups is 1. The SMILES string of the molecule is CN=C(NCCOc1cccc(Cl)c1Cl)NCCc1ccc(S(C)(=O)=O)cc1.I. The van der Waals surface area contributed by atoms with E-state index < -0.39 is 9.84 Å². The monoisotopic (exact) mass is 571 g/mol. The van der Waals surface area contributed by atoms with E-state index in [2.05, 4.69) is 15.6 Å². The number of sulfone groups is 1. The van der Waals surface area contributed by atoms with Crippen molar-refractivity contribution in [1.29, 1.82) is 0 Å². The van der Waals surface area contributed by atoms with Crippen LogP contribution in [-0.4, -0.2) is 47.4 Å². The minimum Gasteiger partial charge on any atom is -0.490 e. The van der Waals surface area contributed by atoms with Gasteiger partial charge in [0, 0.05) is 19.8 Å². The first-order valence-corrected chi connectivity index (χ1v) is 11.3. The molecular weight excluding hydrogens is 548 g/mol. The van der Waals surface area contributed by atoms with E-state index >= 15 is 0 Å². The Bertz CT molecular complexity index is 923. The summed E-state index contributed by atoms with van der Waals surface area (Å²) in [6.45, 7) is 1.58. The maximum absolute atomic E-state index is 11.5. The average Bonchev–Trinajstić information content (AvgIpc) is 2.66. The number of rotatable bonds is 8. The molecule has 10 heteroatoms. The van der Waals surface area contributed by atoms with Crippen molar-refractivity contribution in [3.05, 3.63) is 58.1 Å². The van der Waals surface area contributed by atoms with Crippen molar-refractivity contribution in [2.45, 2.75) is 11.3 Å². The quantitative estimate of drug-likeness (QED) is 0.218. The summed E-state index contributed by atoms with van der Waals surface area (Å²) in [7, 11) is -1.48. The molecule has 0 aliphatic carbocycles. The van der Waals surface area contributed by atoms with Gasteiger partial charge in [0.1, 0.15) is 17.4 Å². The minimum absolute atomic E-state index is 0. The van der Waals surface area contributed by atoms with E-state index in [4.69, 9.17) is 27.9 Å². The molecule has 2 aromatic rings. The van der Waals surface area contributed by atoms with E-state index in [9.17, 15) is 8.42 Å². The highest BCUT2D eigenvalue weighted by Gasteiger charge is 2.07. The molecule has 0 fully saturated rings. The molecule has 0 heterocycles. The van der Waals surface area contributed by atoms with Crippen molar-refractivity contribution in [2.24, 2.45) is 4.99 Å². The third-order valence-electron chi connectivity index (χ3n) is 3.85. The zero-order valence-electron chi connectivity index (χ0n) is 16.1. The molecule has 0 spiro atoms. The lowest BCUT2D eigenvalue weighted by Crippen LogP contribution is -2.40.